The number of nitrogens with one attached hydrogen (secondary N) is 3. The molecule has 2 aromatic heterocycles. The molecule has 2 aliphatic carbocycles. The number of carbonyl (C=O) groups excluding carboxylic acids is 2. The summed E-state index contributed by atoms with van der Waals surface area (Å²) in [6.45, 7) is 7.29. The van der Waals surface area contributed by atoms with Gasteiger partial charge in [-0.1, -0.05) is 23.8 Å². The quantitative estimate of drug-likeness (QED) is 0.259. The summed E-state index contributed by atoms with van der Waals surface area (Å²) in [6, 6.07) is 2.54. The molecule has 0 radical (unpaired) electrons. The van der Waals surface area contributed by atoms with Gasteiger partial charge in [0.2, 0.25) is 0 Å². The molecule has 3 aromatic rings. The second-order valence-corrected chi connectivity index (χ2v) is 11.5. The highest BCUT2D eigenvalue weighted by atomic mass is 19.4. The number of aromatic nitrogens is 4. The molecule has 1 fully saturated rings. The molecule has 5 rings (SSSR count). The van der Waals surface area contributed by atoms with Crippen molar-refractivity contribution in [2.75, 3.05) is 5.32 Å². The van der Waals surface area contributed by atoms with E-state index in [0.717, 1.165) is 24.1 Å². The normalized spacial score (nSPS) is 20.5. The molecule has 222 valence electrons. The van der Waals surface area contributed by atoms with Crippen LogP contribution in [0.25, 0.3) is 11.0 Å². The van der Waals surface area contributed by atoms with E-state index in [1.165, 1.54) is 12.4 Å². The number of benzene rings is 1. The molecule has 9 nitrogen and oxygen atoms in total. The molecule has 1 aromatic carbocycles. The molecule has 2 unspecified atom stereocenters. The van der Waals surface area contributed by atoms with E-state index < -0.39 is 29.1 Å². The highest BCUT2D eigenvalue weighted by molar-refractivity contribution is 6.05. The molecular formula is C29H30F4N6O3. The number of hydrogen-bond donors (Lipinski definition) is 3. The van der Waals surface area contributed by atoms with Crippen molar-refractivity contribution in [2.45, 2.75) is 64.9 Å². The minimum atomic E-state index is -4.82. The van der Waals surface area contributed by atoms with Gasteiger partial charge in [0.25, 0.3) is 5.91 Å². The maximum absolute atomic E-state index is 13.6. The molecule has 2 heterocycles. The summed E-state index contributed by atoms with van der Waals surface area (Å²) in [6.07, 6.45) is 1.58. The lowest BCUT2D eigenvalue weighted by atomic mass is 9.81. The van der Waals surface area contributed by atoms with Crippen LogP contribution in [-0.4, -0.2) is 43.7 Å². The lowest BCUT2D eigenvalue weighted by Gasteiger charge is -2.29. The number of amides is 1. The Morgan fingerprint density at radius 2 is 1.90 bits per heavy atom. The summed E-state index contributed by atoms with van der Waals surface area (Å²) < 4.78 is 58.4. The molecule has 0 bridgehead atoms. The van der Waals surface area contributed by atoms with Crippen molar-refractivity contribution >= 4 is 28.7 Å². The van der Waals surface area contributed by atoms with Crippen molar-refractivity contribution in [3.63, 3.8) is 0 Å². The number of allylic oxidation sites excluding steroid dienone is 1. The van der Waals surface area contributed by atoms with Crippen LogP contribution in [0.4, 0.5) is 23.4 Å². The van der Waals surface area contributed by atoms with Crippen LogP contribution in [0, 0.1) is 17.7 Å². The standard InChI is InChI=1S/C29H30F4N6O3/c1-14-16-8-10-21(18(16)7-6-17(14)27(41)42-28(2,3)4)37-26(40)24-22-23(35-13-36-24)25(39-38-22)34-12-15-5-9-20(30)19(11-15)29(31,32)33/h5-7,9,11,13,16,18,21H,8,10,12H2,1-4H3,(H,37,40)(H2,34,38,39)/t16?,18?,21-/m0/s1. The zero-order chi connectivity index (χ0) is 30.4. The number of nitrogens with zero attached hydrogens (tertiary/aromatic N) is 3. The number of rotatable bonds is 6. The van der Waals surface area contributed by atoms with Gasteiger partial charge in [0.1, 0.15) is 28.8 Å². The molecule has 1 amide bonds. The SMILES string of the molecule is CC1=C(C(=O)OC(C)(C)C)C=CC2C1CC[C@@H]2NC(=O)c1ncnc2c(NCc3ccc(F)c(C(F)(F)F)c3)n[nH]c12. The highest BCUT2D eigenvalue weighted by Gasteiger charge is 2.40. The summed E-state index contributed by atoms with van der Waals surface area (Å²) in [5.41, 5.74) is 0.288. The number of aromatic amines is 1. The largest absolute Gasteiger partial charge is 0.456 e. The lowest BCUT2D eigenvalue weighted by molar-refractivity contribution is -0.149. The van der Waals surface area contributed by atoms with Gasteiger partial charge in [0, 0.05) is 18.5 Å². The van der Waals surface area contributed by atoms with Crippen molar-refractivity contribution in [3.05, 3.63) is 70.5 Å². The number of alkyl halides is 3. The average molecular weight is 587 g/mol. The second kappa shape index (κ2) is 10.8. The third-order valence-corrected chi connectivity index (χ3v) is 7.48. The van der Waals surface area contributed by atoms with E-state index in [-0.39, 0.29) is 58.5 Å². The number of fused-ring (bicyclic) bond motifs is 2. The van der Waals surface area contributed by atoms with Gasteiger partial charge in [0.05, 0.1) is 11.1 Å². The maximum atomic E-state index is 13.6. The van der Waals surface area contributed by atoms with Crippen LogP contribution in [-0.2, 0) is 22.3 Å². The van der Waals surface area contributed by atoms with Gasteiger partial charge in [-0.2, -0.15) is 18.3 Å². The molecule has 1 saturated carbocycles. The fourth-order valence-electron chi connectivity index (χ4n) is 5.52. The van der Waals surface area contributed by atoms with Gasteiger partial charge in [-0.3, -0.25) is 9.89 Å². The summed E-state index contributed by atoms with van der Waals surface area (Å²) in [7, 11) is 0. The predicted molar refractivity (Wildman–Crippen MR) is 146 cm³/mol. The van der Waals surface area contributed by atoms with Crippen LogP contribution in [0.2, 0.25) is 0 Å². The Balaban J connectivity index is 1.28. The molecule has 2 aliphatic rings. The summed E-state index contributed by atoms with van der Waals surface area (Å²) in [5, 5.41) is 12.8. The Kier molecular flexibility index (Phi) is 7.54. The molecule has 3 N–H and O–H groups in total. The lowest BCUT2D eigenvalue weighted by Crippen LogP contribution is -2.39. The molecule has 0 spiro atoms. The van der Waals surface area contributed by atoms with E-state index in [4.69, 9.17) is 4.74 Å². The van der Waals surface area contributed by atoms with Crippen LogP contribution in [0.15, 0.2) is 47.8 Å². The van der Waals surface area contributed by atoms with Crippen molar-refractivity contribution in [3.8, 4) is 0 Å². The summed E-state index contributed by atoms with van der Waals surface area (Å²) >= 11 is 0. The topological polar surface area (TPSA) is 122 Å². The number of H-pyrrole nitrogens is 1. The second-order valence-electron chi connectivity index (χ2n) is 11.5. The van der Waals surface area contributed by atoms with Crippen molar-refractivity contribution in [2.24, 2.45) is 11.8 Å². The molecule has 42 heavy (non-hydrogen) atoms. The average Bonchev–Trinajstić information content (AvgIpc) is 3.51. The van der Waals surface area contributed by atoms with Crippen molar-refractivity contribution in [1.29, 1.82) is 0 Å². The summed E-state index contributed by atoms with van der Waals surface area (Å²) in [4.78, 5) is 34.3. The van der Waals surface area contributed by atoms with Crippen LogP contribution in [0.1, 0.15) is 62.2 Å². The first-order valence-electron chi connectivity index (χ1n) is 13.4. The number of halogens is 4. The van der Waals surface area contributed by atoms with Gasteiger partial charge < -0.3 is 15.4 Å². The Morgan fingerprint density at radius 3 is 2.62 bits per heavy atom. The molecular weight excluding hydrogens is 556 g/mol. The van der Waals surface area contributed by atoms with Gasteiger partial charge in [-0.05, 0) is 64.2 Å². The highest BCUT2D eigenvalue weighted by Crippen LogP contribution is 2.42. The zero-order valence-electron chi connectivity index (χ0n) is 23.4. The molecule has 3 atom stereocenters. The fourth-order valence-corrected chi connectivity index (χ4v) is 5.52. The monoisotopic (exact) mass is 586 g/mol. The van der Waals surface area contributed by atoms with Gasteiger partial charge in [0.15, 0.2) is 11.5 Å². The number of hydrogen-bond acceptors (Lipinski definition) is 7. The minimum absolute atomic E-state index is 0.00578. The third-order valence-electron chi connectivity index (χ3n) is 7.48. The first kappa shape index (κ1) is 29.2. The molecule has 0 saturated heterocycles. The summed E-state index contributed by atoms with van der Waals surface area (Å²) in [5.74, 6) is -1.88. The van der Waals surface area contributed by atoms with E-state index in [1.54, 1.807) is 6.08 Å². The van der Waals surface area contributed by atoms with E-state index in [9.17, 15) is 27.2 Å². The first-order chi connectivity index (χ1) is 19.7. The smallest absolute Gasteiger partial charge is 0.419 e. The van der Waals surface area contributed by atoms with Crippen LogP contribution in [0.3, 0.4) is 0 Å². The number of carbonyl (C=O) groups is 2. The van der Waals surface area contributed by atoms with Crippen molar-refractivity contribution in [1.82, 2.24) is 25.5 Å². The fraction of sp³-hybridized carbons (Fsp3) is 0.414. The predicted octanol–water partition coefficient (Wildman–Crippen LogP) is 5.48. The number of ether oxygens (including phenoxy) is 1. The Hall–Kier alpha value is -4.29. The van der Waals surface area contributed by atoms with E-state index in [0.29, 0.717) is 12.0 Å². The van der Waals surface area contributed by atoms with Crippen LogP contribution in [0.5, 0.6) is 0 Å². The van der Waals surface area contributed by atoms with E-state index >= 15 is 0 Å². The molecule has 0 aliphatic heterocycles. The van der Waals surface area contributed by atoms with Crippen LogP contribution >= 0.6 is 0 Å². The van der Waals surface area contributed by atoms with Gasteiger partial charge >= 0.3 is 12.1 Å². The van der Waals surface area contributed by atoms with Gasteiger partial charge in [-0.15, -0.1) is 0 Å². The third kappa shape index (κ3) is 5.86. The van der Waals surface area contributed by atoms with E-state index in [1.807, 2.05) is 33.8 Å². The number of esters is 1. The number of anilines is 1. The Labute approximate surface area is 238 Å². The first-order valence-corrected chi connectivity index (χ1v) is 13.4. The van der Waals surface area contributed by atoms with Crippen LogP contribution < -0.4 is 10.6 Å². The minimum Gasteiger partial charge on any atom is -0.456 e. The van der Waals surface area contributed by atoms with Crippen molar-refractivity contribution < 1.29 is 31.9 Å². The van der Waals surface area contributed by atoms with E-state index in [2.05, 4.69) is 30.8 Å². The maximum Gasteiger partial charge on any atom is 0.419 e. The zero-order valence-corrected chi connectivity index (χ0v) is 23.4. The molecule has 13 heteroatoms. The van der Waals surface area contributed by atoms with Gasteiger partial charge in [-0.25, -0.2) is 19.2 Å². The Bertz CT molecular complexity index is 1600. The Morgan fingerprint density at radius 1 is 1.14 bits per heavy atom.